The highest BCUT2D eigenvalue weighted by molar-refractivity contribution is 7.09. The predicted molar refractivity (Wildman–Crippen MR) is 89.4 cm³/mol. The third-order valence-electron chi connectivity index (χ3n) is 3.63. The Morgan fingerprint density at radius 3 is 2.95 bits per heavy atom. The molecule has 0 radical (unpaired) electrons. The number of imidazole rings is 1. The summed E-state index contributed by atoms with van der Waals surface area (Å²) in [4.78, 5) is 9.18. The third-order valence-corrected chi connectivity index (χ3v) is 4.83. The Labute approximate surface area is 133 Å². The average molecular weight is 320 g/mol. The lowest BCUT2D eigenvalue weighted by Crippen LogP contribution is -2.10. The second-order valence-corrected chi connectivity index (χ2v) is 6.65. The molecule has 110 valence electrons. The van der Waals surface area contributed by atoms with E-state index in [4.69, 9.17) is 16.6 Å². The molecule has 0 aliphatic heterocycles. The number of thiazole rings is 1. The van der Waals surface area contributed by atoms with Gasteiger partial charge in [-0.1, -0.05) is 13.0 Å². The van der Waals surface area contributed by atoms with Crippen LogP contribution in [0.25, 0.3) is 11.0 Å². The van der Waals surface area contributed by atoms with Crippen LogP contribution in [0.5, 0.6) is 0 Å². The number of hydrogen-bond donors (Lipinski definition) is 0. The SMILES string of the molecule is Cc1ccc2c(c1)nc(CCCl)n2CC(C)c1nccs1. The van der Waals surface area contributed by atoms with Gasteiger partial charge >= 0.3 is 0 Å². The second-order valence-electron chi connectivity index (χ2n) is 5.34. The van der Waals surface area contributed by atoms with Crippen LogP contribution in [0.1, 0.15) is 29.2 Å². The van der Waals surface area contributed by atoms with Crippen LogP contribution in [-0.4, -0.2) is 20.4 Å². The van der Waals surface area contributed by atoms with Crippen LogP contribution in [0.15, 0.2) is 29.8 Å². The predicted octanol–water partition coefficient (Wildman–Crippen LogP) is 4.39. The molecule has 0 saturated heterocycles. The zero-order valence-corrected chi connectivity index (χ0v) is 13.8. The van der Waals surface area contributed by atoms with Crippen molar-refractivity contribution in [2.75, 3.05) is 5.88 Å². The number of aryl methyl sites for hydroxylation is 2. The van der Waals surface area contributed by atoms with Gasteiger partial charge in [0.05, 0.1) is 16.0 Å². The summed E-state index contributed by atoms with van der Waals surface area (Å²) >= 11 is 7.65. The minimum Gasteiger partial charge on any atom is -0.327 e. The molecule has 0 spiro atoms. The summed E-state index contributed by atoms with van der Waals surface area (Å²) in [6.07, 6.45) is 2.66. The maximum Gasteiger partial charge on any atom is 0.111 e. The van der Waals surface area contributed by atoms with Gasteiger partial charge < -0.3 is 4.57 Å². The molecule has 0 aliphatic rings. The number of alkyl halides is 1. The van der Waals surface area contributed by atoms with Crippen molar-refractivity contribution >= 4 is 34.0 Å². The van der Waals surface area contributed by atoms with Crippen LogP contribution in [0, 0.1) is 6.92 Å². The molecule has 0 bridgehead atoms. The van der Waals surface area contributed by atoms with Gasteiger partial charge in [0.15, 0.2) is 0 Å². The molecule has 2 aromatic heterocycles. The molecule has 1 unspecified atom stereocenters. The lowest BCUT2D eigenvalue weighted by Gasteiger charge is -2.13. The van der Waals surface area contributed by atoms with Gasteiger partial charge in [-0.05, 0) is 24.6 Å². The zero-order valence-electron chi connectivity index (χ0n) is 12.2. The summed E-state index contributed by atoms with van der Waals surface area (Å²) in [7, 11) is 0. The molecule has 0 N–H and O–H groups in total. The van der Waals surface area contributed by atoms with E-state index >= 15 is 0 Å². The highest BCUT2D eigenvalue weighted by Gasteiger charge is 2.15. The van der Waals surface area contributed by atoms with Crippen molar-refractivity contribution in [2.45, 2.75) is 32.7 Å². The topological polar surface area (TPSA) is 30.7 Å². The van der Waals surface area contributed by atoms with E-state index in [1.54, 1.807) is 11.3 Å². The van der Waals surface area contributed by atoms with E-state index in [1.165, 1.54) is 16.1 Å². The molecule has 1 atom stereocenters. The number of halogens is 1. The van der Waals surface area contributed by atoms with Crippen molar-refractivity contribution < 1.29 is 0 Å². The normalized spacial score (nSPS) is 12.9. The second kappa shape index (κ2) is 6.16. The summed E-state index contributed by atoms with van der Waals surface area (Å²) in [5.41, 5.74) is 3.48. The first kappa shape index (κ1) is 14.5. The van der Waals surface area contributed by atoms with E-state index in [2.05, 4.69) is 41.6 Å². The fourth-order valence-electron chi connectivity index (χ4n) is 2.60. The molecule has 0 aliphatic carbocycles. The number of nitrogens with zero attached hydrogens (tertiary/aromatic N) is 3. The largest absolute Gasteiger partial charge is 0.327 e. The van der Waals surface area contributed by atoms with Crippen molar-refractivity contribution in [3.05, 3.63) is 46.2 Å². The van der Waals surface area contributed by atoms with Gasteiger partial charge in [-0.15, -0.1) is 22.9 Å². The van der Waals surface area contributed by atoms with Crippen molar-refractivity contribution in [1.29, 1.82) is 0 Å². The smallest absolute Gasteiger partial charge is 0.111 e. The molecule has 0 amide bonds. The van der Waals surface area contributed by atoms with Gasteiger partial charge in [0.1, 0.15) is 5.82 Å². The van der Waals surface area contributed by atoms with Gasteiger partial charge in [0.25, 0.3) is 0 Å². The van der Waals surface area contributed by atoms with E-state index in [9.17, 15) is 0 Å². The highest BCUT2D eigenvalue weighted by Crippen LogP contribution is 2.25. The highest BCUT2D eigenvalue weighted by atomic mass is 35.5. The number of rotatable bonds is 5. The van der Waals surface area contributed by atoms with E-state index in [-0.39, 0.29) is 0 Å². The van der Waals surface area contributed by atoms with Crippen LogP contribution in [0.3, 0.4) is 0 Å². The fourth-order valence-corrected chi connectivity index (χ4v) is 3.46. The Hall–Kier alpha value is -1.39. The zero-order chi connectivity index (χ0) is 14.8. The Balaban J connectivity index is 2.00. The maximum absolute atomic E-state index is 5.94. The molecule has 1 aromatic carbocycles. The summed E-state index contributed by atoms with van der Waals surface area (Å²) in [5, 5.41) is 3.20. The molecular weight excluding hydrogens is 302 g/mol. The van der Waals surface area contributed by atoms with Crippen molar-refractivity contribution in [3.63, 3.8) is 0 Å². The quantitative estimate of drug-likeness (QED) is 0.653. The van der Waals surface area contributed by atoms with Crippen LogP contribution < -0.4 is 0 Å². The Bertz CT molecular complexity index is 733. The average Bonchev–Trinajstić information content (AvgIpc) is 3.08. The number of fused-ring (bicyclic) bond motifs is 1. The van der Waals surface area contributed by atoms with E-state index in [1.807, 2.05) is 11.6 Å². The molecule has 21 heavy (non-hydrogen) atoms. The van der Waals surface area contributed by atoms with Gasteiger partial charge in [0.2, 0.25) is 0 Å². The Morgan fingerprint density at radius 2 is 2.24 bits per heavy atom. The lowest BCUT2D eigenvalue weighted by molar-refractivity contribution is 0.586. The molecule has 3 rings (SSSR count). The minimum atomic E-state index is 0.373. The van der Waals surface area contributed by atoms with Crippen LogP contribution >= 0.6 is 22.9 Å². The molecule has 0 saturated carbocycles. The first-order valence-electron chi connectivity index (χ1n) is 7.10. The van der Waals surface area contributed by atoms with E-state index < -0.39 is 0 Å². The molecular formula is C16H18ClN3S. The summed E-state index contributed by atoms with van der Waals surface area (Å²) in [6, 6.07) is 6.43. The van der Waals surface area contributed by atoms with Gasteiger partial charge in [0, 0.05) is 36.3 Å². The van der Waals surface area contributed by atoms with Crippen LogP contribution in [0.2, 0.25) is 0 Å². The number of benzene rings is 1. The monoisotopic (exact) mass is 319 g/mol. The first-order chi connectivity index (χ1) is 10.2. The standard InChI is InChI=1S/C16H18ClN3S/c1-11-3-4-14-13(9-11)19-15(5-6-17)20(14)10-12(2)16-18-7-8-21-16/h3-4,7-9,12H,5-6,10H2,1-2H3. The van der Waals surface area contributed by atoms with Crippen LogP contribution in [0.4, 0.5) is 0 Å². The molecule has 5 heteroatoms. The van der Waals surface area contributed by atoms with Gasteiger partial charge in [-0.3, -0.25) is 0 Å². The maximum atomic E-state index is 5.94. The summed E-state index contributed by atoms with van der Waals surface area (Å²) < 4.78 is 2.29. The lowest BCUT2D eigenvalue weighted by atomic mass is 10.2. The molecule has 2 heterocycles. The van der Waals surface area contributed by atoms with E-state index in [0.717, 1.165) is 24.3 Å². The summed E-state index contributed by atoms with van der Waals surface area (Å²) in [5.74, 6) is 2.03. The number of aromatic nitrogens is 3. The fraction of sp³-hybridized carbons (Fsp3) is 0.375. The number of hydrogen-bond acceptors (Lipinski definition) is 3. The summed E-state index contributed by atoms with van der Waals surface area (Å²) in [6.45, 7) is 5.19. The molecule has 3 nitrogen and oxygen atoms in total. The van der Waals surface area contributed by atoms with Crippen molar-refractivity contribution in [3.8, 4) is 0 Å². The Morgan fingerprint density at radius 1 is 1.38 bits per heavy atom. The van der Waals surface area contributed by atoms with Crippen molar-refractivity contribution in [2.24, 2.45) is 0 Å². The van der Waals surface area contributed by atoms with E-state index in [0.29, 0.717) is 11.8 Å². The van der Waals surface area contributed by atoms with Gasteiger partial charge in [-0.25, -0.2) is 9.97 Å². The third kappa shape index (κ3) is 2.97. The Kier molecular flexibility index (Phi) is 4.27. The van der Waals surface area contributed by atoms with Gasteiger partial charge in [-0.2, -0.15) is 0 Å². The van der Waals surface area contributed by atoms with Crippen LogP contribution in [-0.2, 0) is 13.0 Å². The first-order valence-corrected chi connectivity index (χ1v) is 8.51. The minimum absolute atomic E-state index is 0.373. The van der Waals surface area contributed by atoms with Crippen molar-refractivity contribution in [1.82, 2.24) is 14.5 Å². The molecule has 0 fully saturated rings. The molecule has 3 aromatic rings.